The molecule has 3 rings (SSSR count). The molecule has 2 aromatic heterocycles. The van der Waals surface area contributed by atoms with Crippen molar-refractivity contribution in [1.82, 2.24) is 14.5 Å². The topological polar surface area (TPSA) is 50.7 Å². The number of nitrogens with one attached hydrogen (secondary N) is 1. The summed E-state index contributed by atoms with van der Waals surface area (Å²) in [5.41, 5.74) is 3.98. The van der Waals surface area contributed by atoms with Crippen LogP contribution in [0.25, 0.3) is 22.3 Å². The molecule has 114 valence electrons. The highest BCUT2D eigenvalue weighted by Crippen LogP contribution is 2.25. The first-order valence-corrected chi connectivity index (χ1v) is 7.63. The summed E-state index contributed by atoms with van der Waals surface area (Å²) in [5, 5.41) is 0.627. The zero-order chi connectivity index (χ0) is 15.9. The molecule has 0 saturated heterocycles. The number of rotatable bonds is 3. The minimum atomic E-state index is -0.0886. The standard InChI is InChI=1S/C18H21N3O/c1-11(2)10-21-12(3)9-15(13(21)4)17-19-16-8-6-5-7-14(16)18(22)20-17/h5-9,11H,10H2,1-4H3,(H,19,20,22). The fourth-order valence-electron chi connectivity index (χ4n) is 2.90. The van der Waals surface area contributed by atoms with Crippen LogP contribution in [-0.2, 0) is 6.54 Å². The lowest BCUT2D eigenvalue weighted by atomic mass is 10.2. The molecule has 0 atom stereocenters. The molecule has 4 heteroatoms. The van der Waals surface area contributed by atoms with E-state index in [2.05, 4.69) is 48.3 Å². The number of aromatic amines is 1. The van der Waals surface area contributed by atoms with Crippen LogP contribution in [0, 0.1) is 19.8 Å². The number of aryl methyl sites for hydroxylation is 1. The molecule has 2 heterocycles. The zero-order valence-electron chi connectivity index (χ0n) is 13.5. The van der Waals surface area contributed by atoms with Gasteiger partial charge in [-0.3, -0.25) is 4.79 Å². The van der Waals surface area contributed by atoms with Crippen LogP contribution >= 0.6 is 0 Å². The summed E-state index contributed by atoms with van der Waals surface area (Å²) in [5.74, 6) is 1.22. The van der Waals surface area contributed by atoms with E-state index in [4.69, 9.17) is 0 Å². The van der Waals surface area contributed by atoms with Gasteiger partial charge in [0.15, 0.2) is 0 Å². The van der Waals surface area contributed by atoms with E-state index in [0.29, 0.717) is 17.1 Å². The SMILES string of the molecule is Cc1cc(-c2nc3ccccc3c(=O)[nH]2)c(C)n1CC(C)C. The monoisotopic (exact) mass is 295 g/mol. The van der Waals surface area contributed by atoms with Crippen LogP contribution in [0.3, 0.4) is 0 Å². The van der Waals surface area contributed by atoms with E-state index in [9.17, 15) is 4.79 Å². The molecular weight excluding hydrogens is 274 g/mol. The fraction of sp³-hybridized carbons (Fsp3) is 0.333. The van der Waals surface area contributed by atoms with E-state index in [1.165, 1.54) is 5.69 Å². The number of hydrogen-bond acceptors (Lipinski definition) is 2. The Morgan fingerprint density at radius 2 is 1.95 bits per heavy atom. The Hall–Kier alpha value is -2.36. The van der Waals surface area contributed by atoms with Crippen LogP contribution < -0.4 is 5.56 Å². The molecule has 0 amide bonds. The Balaban J connectivity index is 2.18. The summed E-state index contributed by atoms with van der Waals surface area (Å²) in [6, 6.07) is 9.53. The molecule has 3 aromatic rings. The van der Waals surface area contributed by atoms with Crippen molar-refractivity contribution in [3.05, 3.63) is 52.1 Å². The summed E-state index contributed by atoms with van der Waals surface area (Å²) in [6.07, 6.45) is 0. The van der Waals surface area contributed by atoms with Crippen molar-refractivity contribution >= 4 is 10.9 Å². The average Bonchev–Trinajstić information content (AvgIpc) is 2.75. The third-order valence-electron chi connectivity index (χ3n) is 3.99. The number of benzene rings is 1. The molecule has 0 bridgehead atoms. The highest BCUT2D eigenvalue weighted by atomic mass is 16.1. The van der Waals surface area contributed by atoms with Gasteiger partial charge in [-0.2, -0.15) is 0 Å². The first-order chi connectivity index (χ1) is 10.5. The van der Waals surface area contributed by atoms with Crippen molar-refractivity contribution < 1.29 is 0 Å². The maximum absolute atomic E-state index is 12.3. The highest BCUT2D eigenvalue weighted by molar-refractivity contribution is 5.79. The Kier molecular flexibility index (Phi) is 3.61. The van der Waals surface area contributed by atoms with Gasteiger partial charge in [0.1, 0.15) is 5.82 Å². The minimum Gasteiger partial charge on any atom is -0.348 e. The second-order valence-corrected chi connectivity index (χ2v) is 6.22. The molecule has 0 spiro atoms. The lowest BCUT2D eigenvalue weighted by Crippen LogP contribution is -2.10. The molecule has 22 heavy (non-hydrogen) atoms. The predicted molar refractivity (Wildman–Crippen MR) is 90.1 cm³/mol. The molecule has 4 nitrogen and oxygen atoms in total. The van der Waals surface area contributed by atoms with Gasteiger partial charge >= 0.3 is 0 Å². The van der Waals surface area contributed by atoms with Crippen LogP contribution in [0.5, 0.6) is 0 Å². The summed E-state index contributed by atoms with van der Waals surface area (Å²) in [7, 11) is 0. The molecular formula is C18H21N3O. The Labute approximate surface area is 129 Å². The quantitative estimate of drug-likeness (QED) is 0.801. The van der Waals surface area contributed by atoms with E-state index in [1.54, 1.807) is 6.07 Å². The first kappa shape index (κ1) is 14.6. The second kappa shape index (κ2) is 5.44. The van der Waals surface area contributed by atoms with Gasteiger partial charge in [0.25, 0.3) is 5.56 Å². The van der Waals surface area contributed by atoms with E-state index >= 15 is 0 Å². The third kappa shape index (κ3) is 2.45. The minimum absolute atomic E-state index is 0.0886. The fourth-order valence-corrected chi connectivity index (χ4v) is 2.90. The summed E-state index contributed by atoms with van der Waals surface area (Å²) in [6.45, 7) is 9.55. The van der Waals surface area contributed by atoms with Gasteiger partial charge in [-0.15, -0.1) is 0 Å². The van der Waals surface area contributed by atoms with Crippen LogP contribution in [0.4, 0.5) is 0 Å². The van der Waals surface area contributed by atoms with Gasteiger partial charge in [0, 0.05) is 23.5 Å². The van der Waals surface area contributed by atoms with E-state index in [1.807, 2.05) is 18.2 Å². The molecule has 0 radical (unpaired) electrons. The smallest absolute Gasteiger partial charge is 0.259 e. The van der Waals surface area contributed by atoms with E-state index in [-0.39, 0.29) is 5.56 Å². The summed E-state index contributed by atoms with van der Waals surface area (Å²) < 4.78 is 2.29. The second-order valence-electron chi connectivity index (χ2n) is 6.22. The average molecular weight is 295 g/mol. The van der Waals surface area contributed by atoms with Crippen molar-refractivity contribution in [2.24, 2.45) is 5.92 Å². The predicted octanol–water partition coefficient (Wildman–Crippen LogP) is 3.66. The molecule has 0 fully saturated rings. The zero-order valence-corrected chi connectivity index (χ0v) is 13.5. The van der Waals surface area contributed by atoms with Crippen molar-refractivity contribution in [2.75, 3.05) is 0 Å². The third-order valence-corrected chi connectivity index (χ3v) is 3.99. The van der Waals surface area contributed by atoms with Gasteiger partial charge in [0.05, 0.1) is 10.9 Å². The maximum atomic E-state index is 12.3. The number of para-hydroxylation sites is 1. The van der Waals surface area contributed by atoms with Gasteiger partial charge in [-0.1, -0.05) is 26.0 Å². The van der Waals surface area contributed by atoms with E-state index < -0.39 is 0 Å². The number of aromatic nitrogens is 3. The lowest BCUT2D eigenvalue weighted by Gasteiger charge is -2.12. The summed E-state index contributed by atoms with van der Waals surface area (Å²) >= 11 is 0. The highest BCUT2D eigenvalue weighted by Gasteiger charge is 2.14. The van der Waals surface area contributed by atoms with Crippen molar-refractivity contribution in [3.63, 3.8) is 0 Å². The van der Waals surface area contributed by atoms with Crippen LogP contribution in [0.15, 0.2) is 35.1 Å². The van der Waals surface area contributed by atoms with Gasteiger partial charge in [0.2, 0.25) is 0 Å². The normalized spacial score (nSPS) is 11.5. The molecule has 0 aliphatic rings. The molecule has 1 N–H and O–H groups in total. The Bertz CT molecular complexity index is 887. The number of fused-ring (bicyclic) bond motifs is 1. The summed E-state index contributed by atoms with van der Waals surface area (Å²) in [4.78, 5) is 19.8. The van der Waals surface area contributed by atoms with Crippen LogP contribution in [0.1, 0.15) is 25.2 Å². The van der Waals surface area contributed by atoms with Crippen molar-refractivity contribution in [1.29, 1.82) is 0 Å². The molecule has 0 saturated carbocycles. The molecule has 1 aromatic carbocycles. The van der Waals surface area contributed by atoms with Crippen LogP contribution in [-0.4, -0.2) is 14.5 Å². The van der Waals surface area contributed by atoms with Crippen molar-refractivity contribution in [2.45, 2.75) is 34.2 Å². The molecule has 0 unspecified atom stereocenters. The molecule has 0 aliphatic carbocycles. The Morgan fingerprint density at radius 1 is 1.23 bits per heavy atom. The lowest BCUT2D eigenvalue weighted by molar-refractivity contribution is 0.509. The van der Waals surface area contributed by atoms with Gasteiger partial charge in [-0.05, 0) is 38.0 Å². The number of hydrogen-bond donors (Lipinski definition) is 1. The first-order valence-electron chi connectivity index (χ1n) is 7.63. The number of nitrogens with zero attached hydrogens (tertiary/aromatic N) is 2. The Morgan fingerprint density at radius 3 is 2.68 bits per heavy atom. The van der Waals surface area contributed by atoms with Crippen LogP contribution in [0.2, 0.25) is 0 Å². The van der Waals surface area contributed by atoms with Crippen molar-refractivity contribution in [3.8, 4) is 11.4 Å². The molecule has 0 aliphatic heterocycles. The van der Waals surface area contributed by atoms with Gasteiger partial charge < -0.3 is 9.55 Å². The maximum Gasteiger partial charge on any atom is 0.259 e. The number of H-pyrrole nitrogens is 1. The van der Waals surface area contributed by atoms with Gasteiger partial charge in [-0.25, -0.2) is 4.98 Å². The van der Waals surface area contributed by atoms with E-state index in [0.717, 1.165) is 23.3 Å². The largest absolute Gasteiger partial charge is 0.348 e.